The molecular formula is C19H20N4O3. The Bertz CT molecular complexity index is 831. The van der Waals surface area contributed by atoms with E-state index < -0.39 is 17.9 Å². The molecule has 26 heavy (non-hydrogen) atoms. The first-order valence-electron chi connectivity index (χ1n) is 8.40. The Hall–Kier alpha value is -3.22. The van der Waals surface area contributed by atoms with Crippen molar-refractivity contribution < 1.29 is 14.4 Å². The standard InChI is InChI=1S/C19H20N4O3/c1-12-4-7-14(8-5-12)23-10-2-3-16(19(23)26)22-18(25)15-9-6-13(11-21-15)17(20)24/h4-9,11,16H,2-3,10H2,1H3,(H2,20,24)(H,22,25). The van der Waals surface area contributed by atoms with E-state index >= 15 is 0 Å². The highest BCUT2D eigenvalue weighted by atomic mass is 16.2. The number of primary amides is 1. The van der Waals surface area contributed by atoms with Gasteiger partial charge in [0.25, 0.3) is 5.91 Å². The van der Waals surface area contributed by atoms with Crippen LogP contribution in [-0.2, 0) is 4.79 Å². The fourth-order valence-corrected chi connectivity index (χ4v) is 2.90. The molecule has 1 unspecified atom stereocenters. The van der Waals surface area contributed by atoms with E-state index in [-0.39, 0.29) is 17.2 Å². The highest BCUT2D eigenvalue weighted by Gasteiger charge is 2.31. The van der Waals surface area contributed by atoms with Gasteiger partial charge in [-0.3, -0.25) is 19.4 Å². The molecule has 1 saturated heterocycles. The zero-order valence-electron chi connectivity index (χ0n) is 14.4. The number of aryl methyl sites for hydroxylation is 1. The van der Waals surface area contributed by atoms with Gasteiger partial charge in [-0.15, -0.1) is 0 Å². The predicted molar refractivity (Wildman–Crippen MR) is 96.8 cm³/mol. The summed E-state index contributed by atoms with van der Waals surface area (Å²) in [6.07, 6.45) is 2.61. The Morgan fingerprint density at radius 2 is 1.92 bits per heavy atom. The first kappa shape index (κ1) is 17.6. The number of benzene rings is 1. The van der Waals surface area contributed by atoms with Gasteiger partial charge in [-0.05, 0) is 44.0 Å². The summed E-state index contributed by atoms with van der Waals surface area (Å²) in [4.78, 5) is 41.8. The van der Waals surface area contributed by atoms with Crippen molar-refractivity contribution in [3.05, 3.63) is 59.4 Å². The van der Waals surface area contributed by atoms with Crippen LogP contribution in [0.4, 0.5) is 5.69 Å². The molecule has 2 aromatic rings. The summed E-state index contributed by atoms with van der Waals surface area (Å²) in [6.45, 7) is 2.61. The van der Waals surface area contributed by atoms with Crippen LogP contribution in [0.15, 0.2) is 42.6 Å². The molecule has 7 heteroatoms. The van der Waals surface area contributed by atoms with Crippen LogP contribution in [0, 0.1) is 6.92 Å². The Morgan fingerprint density at radius 1 is 1.19 bits per heavy atom. The molecule has 1 atom stereocenters. The maximum absolute atomic E-state index is 12.8. The first-order chi connectivity index (χ1) is 12.5. The summed E-state index contributed by atoms with van der Waals surface area (Å²) >= 11 is 0. The van der Waals surface area contributed by atoms with Gasteiger partial charge in [-0.25, -0.2) is 0 Å². The summed E-state index contributed by atoms with van der Waals surface area (Å²) in [5.74, 6) is -1.20. The molecule has 7 nitrogen and oxygen atoms in total. The van der Waals surface area contributed by atoms with E-state index in [0.29, 0.717) is 13.0 Å². The quantitative estimate of drug-likeness (QED) is 0.868. The zero-order chi connectivity index (χ0) is 18.7. The van der Waals surface area contributed by atoms with Crippen molar-refractivity contribution in [1.29, 1.82) is 0 Å². The predicted octanol–water partition coefficient (Wildman–Crippen LogP) is 1.41. The number of nitrogens with zero attached hydrogens (tertiary/aromatic N) is 2. The summed E-state index contributed by atoms with van der Waals surface area (Å²) in [6, 6.07) is 9.97. The molecule has 0 saturated carbocycles. The van der Waals surface area contributed by atoms with Crippen molar-refractivity contribution >= 4 is 23.4 Å². The van der Waals surface area contributed by atoms with Gasteiger partial charge >= 0.3 is 0 Å². The van der Waals surface area contributed by atoms with Crippen molar-refractivity contribution in [3.63, 3.8) is 0 Å². The summed E-state index contributed by atoms with van der Waals surface area (Å²) < 4.78 is 0. The second-order valence-corrected chi connectivity index (χ2v) is 6.29. The van der Waals surface area contributed by atoms with Crippen LogP contribution in [0.1, 0.15) is 39.3 Å². The van der Waals surface area contributed by atoms with Crippen molar-refractivity contribution in [2.75, 3.05) is 11.4 Å². The fraction of sp³-hybridized carbons (Fsp3) is 0.263. The normalized spacial score (nSPS) is 17.0. The fourth-order valence-electron chi connectivity index (χ4n) is 2.90. The average molecular weight is 352 g/mol. The van der Waals surface area contributed by atoms with Gasteiger partial charge in [0.1, 0.15) is 11.7 Å². The van der Waals surface area contributed by atoms with Crippen molar-refractivity contribution in [2.24, 2.45) is 5.73 Å². The molecule has 1 aromatic heterocycles. The number of anilines is 1. The van der Waals surface area contributed by atoms with E-state index in [1.54, 1.807) is 4.90 Å². The topological polar surface area (TPSA) is 105 Å². The molecule has 0 bridgehead atoms. The number of pyridine rings is 1. The lowest BCUT2D eigenvalue weighted by Gasteiger charge is -2.32. The number of rotatable bonds is 4. The molecule has 0 spiro atoms. The third kappa shape index (κ3) is 3.72. The third-order valence-electron chi connectivity index (χ3n) is 4.37. The Balaban J connectivity index is 1.70. The van der Waals surface area contributed by atoms with E-state index in [9.17, 15) is 14.4 Å². The van der Waals surface area contributed by atoms with Crippen molar-refractivity contribution in [1.82, 2.24) is 10.3 Å². The highest BCUT2D eigenvalue weighted by Crippen LogP contribution is 2.21. The van der Waals surface area contributed by atoms with Gasteiger partial charge in [0.05, 0.1) is 5.56 Å². The Labute approximate surface area is 151 Å². The number of hydrogen-bond donors (Lipinski definition) is 2. The minimum Gasteiger partial charge on any atom is -0.366 e. The molecule has 0 aliphatic carbocycles. The molecule has 1 aliphatic rings. The van der Waals surface area contributed by atoms with Crippen LogP contribution in [0.3, 0.4) is 0 Å². The lowest BCUT2D eigenvalue weighted by Crippen LogP contribution is -2.52. The number of hydrogen-bond acceptors (Lipinski definition) is 4. The molecule has 3 amide bonds. The molecule has 1 aromatic carbocycles. The largest absolute Gasteiger partial charge is 0.366 e. The highest BCUT2D eigenvalue weighted by molar-refractivity contribution is 6.02. The Morgan fingerprint density at radius 3 is 2.54 bits per heavy atom. The van der Waals surface area contributed by atoms with Gasteiger partial charge in [0.2, 0.25) is 11.8 Å². The van der Waals surface area contributed by atoms with Crippen LogP contribution in [0.5, 0.6) is 0 Å². The van der Waals surface area contributed by atoms with Crippen LogP contribution in [0.25, 0.3) is 0 Å². The third-order valence-corrected chi connectivity index (χ3v) is 4.37. The summed E-state index contributed by atoms with van der Waals surface area (Å²) in [7, 11) is 0. The second kappa shape index (κ2) is 7.35. The SMILES string of the molecule is Cc1ccc(N2CCCC(NC(=O)c3ccc(C(N)=O)cn3)C2=O)cc1. The number of piperidine rings is 1. The molecule has 2 heterocycles. The van der Waals surface area contributed by atoms with Gasteiger partial charge < -0.3 is 16.0 Å². The summed E-state index contributed by atoms with van der Waals surface area (Å²) in [5.41, 5.74) is 7.46. The number of carbonyl (C=O) groups is 3. The van der Waals surface area contributed by atoms with Crippen LogP contribution < -0.4 is 16.0 Å². The van der Waals surface area contributed by atoms with Gasteiger partial charge in [-0.1, -0.05) is 17.7 Å². The molecule has 3 N–H and O–H groups in total. The zero-order valence-corrected chi connectivity index (χ0v) is 14.4. The van der Waals surface area contributed by atoms with Crippen LogP contribution >= 0.6 is 0 Å². The van der Waals surface area contributed by atoms with Crippen LogP contribution in [-0.4, -0.2) is 35.3 Å². The van der Waals surface area contributed by atoms with Crippen LogP contribution in [0.2, 0.25) is 0 Å². The minimum absolute atomic E-state index is 0.134. The second-order valence-electron chi connectivity index (χ2n) is 6.29. The average Bonchev–Trinajstić information content (AvgIpc) is 2.64. The molecule has 134 valence electrons. The van der Waals surface area contributed by atoms with E-state index in [2.05, 4.69) is 10.3 Å². The van der Waals surface area contributed by atoms with Gasteiger partial charge in [0, 0.05) is 18.4 Å². The number of nitrogens with two attached hydrogens (primary N) is 1. The lowest BCUT2D eigenvalue weighted by molar-refractivity contribution is -0.121. The van der Waals surface area contributed by atoms with Crippen molar-refractivity contribution in [3.8, 4) is 0 Å². The minimum atomic E-state index is -0.611. The molecular weight excluding hydrogens is 332 g/mol. The van der Waals surface area contributed by atoms with E-state index in [1.807, 2.05) is 31.2 Å². The lowest BCUT2D eigenvalue weighted by atomic mass is 10.0. The molecule has 1 fully saturated rings. The number of carbonyl (C=O) groups excluding carboxylic acids is 3. The number of nitrogens with one attached hydrogen (secondary N) is 1. The Kier molecular flexibility index (Phi) is 4.97. The molecule has 0 radical (unpaired) electrons. The molecule has 1 aliphatic heterocycles. The number of amides is 3. The van der Waals surface area contributed by atoms with E-state index in [4.69, 9.17) is 5.73 Å². The maximum atomic E-state index is 12.8. The summed E-state index contributed by atoms with van der Waals surface area (Å²) in [5, 5.41) is 2.74. The van der Waals surface area contributed by atoms with E-state index in [0.717, 1.165) is 17.7 Å². The van der Waals surface area contributed by atoms with Gasteiger partial charge in [0.15, 0.2) is 0 Å². The molecule has 3 rings (SSSR count). The smallest absolute Gasteiger partial charge is 0.270 e. The maximum Gasteiger partial charge on any atom is 0.270 e. The number of aromatic nitrogens is 1. The monoisotopic (exact) mass is 352 g/mol. The van der Waals surface area contributed by atoms with Crippen molar-refractivity contribution in [2.45, 2.75) is 25.8 Å². The first-order valence-corrected chi connectivity index (χ1v) is 8.40. The van der Waals surface area contributed by atoms with Gasteiger partial charge in [-0.2, -0.15) is 0 Å². The van der Waals surface area contributed by atoms with E-state index in [1.165, 1.54) is 18.3 Å².